The predicted octanol–water partition coefficient (Wildman–Crippen LogP) is 1.98. The Hall–Kier alpha value is -0.880. The molecule has 0 fully saturated rings. The molecule has 2 aromatic rings. The molecular formula is C7H7BrN2O2S. The summed E-state index contributed by atoms with van der Waals surface area (Å²) < 4.78 is 1.73. The Labute approximate surface area is 88.6 Å². The molecular weight excluding hydrogens is 256 g/mol. The summed E-state index contributed by atoms with van der Waals surface area (Å²) in [5.74, 6) is -0.900. The van der Waals surface area contributed by atoms with E-state index in [2.05, 4.69) is 4.98 Å². The van der Waals surface area contributed by atoms with E-state index in [9.17, 15) is 4.79 Å². The second kappa shape index (κ2) is 3.47. The molecule has 0 atom stereocenters. The van der Waals surface area contributed by atoms with Gasteiger partial charge < -0.3 is 5.11 Å². The van der Waals surface area contributed by atoms with Gasteiger partial charge in [-0.2, -0.15) is 0 Å². The van der Waals surface area contributed by atoms with Gasteiger partial charge in [0.25, 0.3) is 0 Å². The van der Waals surface area contributed by atoms with Crippen molar-refractivity contribution in [1.82, 2.24) is 9.38 Å². The Morgan fingerprint density at radius 1 is 1.62 bits per heavy atom. The number of rotatable bonds is 1. The number of carbonyl (C=O) groups is 1. The lowest BCUT2D eigenvalue weighted by Crippen LogP contribution is -1.90. The first-order valence-corrected chi connectivity index (χ1v) is 4.17. The molecule has 1 N–H and O–H groups in total. The minimum absolute atomic E-state index is 0. The zero-order valence-electron chi connectivity index (χ0n) is 6.72. The van der Waals surface area contributed by atoms with Crippen molar-refractivity contribution in [2.45, 2.75) is 6.92 Å². The molecule has 0 bridgehead atoms. The normalized spacial score (nSPS) is 9.92. The summed E-state index contributed by atoms with van der Waals surface area (Å²) >= 11 is 1.18. The average Bonchev–Trinajstić information content (AvgIpc) is 2.42. The van der Waals surface area contributed by atoms with Crippen LogP contribution in [0.4, 0.5) is 0 Å². The highest BCUT2D eigenvalue weighted by molar-refractivity contribution is 8.93. The van der Waals surface area contributed by atoms with E-state index in [0.717, 1.165) is 10.7 Å². The highest BCUT2D eigenvalue weighted by Crippen LogP contribution is 2.17. The number of carboxylic acid groups (broad SMARTS) is 1. The quantitative estimate of drug-likeness (QED) is 0.855. The Balaban J connectivity index is 0.000000845. The fourth-order valence-electron chi connectivity index (χ4n) is 1.01. The molecule has 13 heavy (non-hydrogen) atoms. The van der Waals surface area contributed by atoms with Crippen LogP contribution >= 0.6 is 28.3 Å². The summed E-state index contributed by atoms with van der Waals surface area (Å²) in [5.41, 5.74) is 0.901. The number of nitrogens with zero attached hydrogens (tertiary/aromatic N) is 2. The Bertz CT molecular complexity index is 417. The molecule has 0 radical (unpaired) electrons. The van der Waals surface area contributed by atoms with Gasteiger partial charge in [0.1, 0.15) is 4.88 Å². The van der Waals surface area contributed by atoms with Crippen LogP contribution in [0, 0.1) is 6.92 Å². The smallest absolute Gasteiger partial charge is 0.347 e. The highest BCUT2D eigenvalue weighted by atomic mass is 79.9. The molecule has 6 heteroatoms. The van der Waals surface area contributed by atoms with E-state index in [1.165, 1.54) is 11.3 Å². The van der Waals surface area contributed by atoms with Crippen molar-refractivity contribution in [1.29, 1.82) is 0 Å². The van der Waals surface area contributed by atoms with Gasteiger partial charge in [0, 0.05) is 12.4 Å². The number of hydrogen-bond donors (Lipinski definition) is 1. The summed E-state index contributed by atoms with van der Waals surface area (Å²) in [7, 11) is 0. The number of hydrogen-bond acceptors (Lipinski definition) is 3. The number of halogens is 1. The maximum Gasteiger partial charge on any atom is 0.347 e. The van der Waals surface area contributed by atoms with Crippen LogP contribution in [0.3, 0.4) is 0 Å². The van der Waals surface area contributed by atoms with E-state index in [-0.39, 0.29) is 17.0 Å². The molecule has 70 valence electrons. The van der Waals surface area contributed by atoms with Gasteiger partial charge in [0.15, 0.2) is 4.96 Å². The lowest BCUT2D eigenvalue weighted by Gasteiger charge is -1.80. The van der Waals surface area contributed by atoms with Crippen molar-refractivity contribution in [3.05, 3.63) is 23.0 Å². The lowest BCUT2D eigenvalue weighted by molar-refractivity contribution is 0.0702. The van der Waals surface area contributed by atoms with Crippen molar-refractivity contribution in [2.24, 2.45) is 0 Å². The number of thiazole rings is 1. The van der Waals surface area contributed by atoms with Crippen LogP contribution in [-0.2, 0) is 0 Å². The Morgan fingerprint density at radius 2 is 2.31 bits per heavy atom. The van der Waals surface area contributed by atoms with Crippen LogP contribution in [-0.4, -0.2) is 20.5 Å². The van der Waals surface area contributed by atoms with Crippen LogP contribution in [0.2, 0.25) is 0 Å². The van der Waals surface area contributed by atoms with Crippen molar-refractivity contribution < 1.29 is 9.90 Å². The first-order chi connectivity index (χ1) is 5.66. The Morgan fingerprint density at radius 3 is 2.85 bits per heavy atom. The maximum absolute atomic E-state index is 10.5. The zero-order valence-corrected chi connectivity index (χ0v) is 9.25. The van der Waals surface area contributed by atoms with Crippen LogP contribution in [0.5, 0.6) is 0 Å². The van der Waals surface area contributed by atoms with Gasteiger partial charge in [-0.1, -0.05) is 11.3 Å². The zero-order chi connectivity index (χ0) is 8.72. The first kappa shape index (κ1) is 10.2. The molecule has 0 aromatic carbocycles. The van der Waals surface area contributed by atoms with Gasteiger partial charge in [-0.25, -0.2) is 9.78 Å². The average molecular weight is 263 g/mol. The standard InChI is InChI=1S/C7H6N2O2S.BrH/c1-4-2-9-3-5(6(10)11)12-7(9)8-4;/h2-3H,1H3,(H,10,11);1H. The molecule has 0 aliphatic rings. The van der Waals surface area contributed by atoms with Gasteiger partial charge in [-0.05, 0) is 6.92 Å². The largest absolute Gasteiger partial charge is 0.477 e. The van der Waals surface area contributed by atoms with Gasteiger partial charge in [0.2, 0.25) is 0 Å². The highest BCUT2D eigenvalue weighted by Gasteiger charge is 2.09. The minimum atomic E-state index is -0.900. The number of fused-ring (bicyclic) bond motifs is 1. The van der Waals surface area contributed by atoms with Crippen LogP contribution in [0.15, 0.2) is 12.4 Å². The molecule has 0 aliphatic carbocycles. The van der Waals surface area contributed by atoms with Crippen LogP contribution < -0.4 is 0 Å². The Kier molecular flexibility index (Phi) is 2.72. The molecule has 0 saturated carbocycles. The molecule has 0 amide bonds. The number of aryl methyl sites for hydroxylation is 1. The number of imidazole rings is 1. The number of aromatic nitrogens is 2. The third kappa shape index (κ3) is 1.73. The third-order valence-corrected chi connectivity index (χ3v) is 2.47. The summed E-state index contributed by atoms with van der Waals surface area (Å²) in [5, 5.41) is 8.64. The number of aromatic carboxylic acids is 1. The van der Waals surface area contributed by atoms with Crippen molar-refractivity contribution in [3.8, 4) is 0 Å². The molecule has 0 saturated heterocycles. The fraction of sp³-hybridized carbons (Fsp3) is 0.143. The fourth-order valence-corrected chi connectivity index (χ4v) is 1.86. The summed E-state index contributed by atoms with van der Waals surface area (Å²) in [6.07, 6.45) is 3.38. The first-order valence-electron chi connectivity index (χ1n) is 3.35. The van der Waals surface area contributed by atoms with E-state index in [1.807, 2.05) is 6.92 Å². The minimum Gasteiger partial charge on any atom is -0.477 e. The monoisotopic (exact) mass is 262 g/mol. The lowest BCUT2D eigenvalue weighted by atomic mass is 10.5. The van der Waals surface area contributed by atoms with Gasteiger partial charge in [0.05, 0.1) is 5.69 Å². The van der Waals surface area contributed by atoms with Gasteiger partial charge in [-0.15, -0.1) is 17.0 Å². The summed E-state index contributed by atoms with van der Waals surface area (Å²) in [6.45, 7) is 1.88. The summed E-state index contributed by atoms with van der Waals surface area (Å²) in [6, 6.07) is 0. The SMILES string of the molecule is Br.Cc1cn2cc(C(=O)O)sc2n1. The number of carboxylic acids is 1. The molecule has 2 heterocycles. The van der Waals surface area contributed by atoms with Crippen molar-refractivity contribution in [3.63, 3.8) is 0 Å². The molecule has 0 spiro atoms. The molecule has 2 aromatic heterocycles. The van der Waals surface area contributed by atoms with Crippen LogP contribution in [0.25, 0.3) is 4.96 Å². The molecule has 2 rings (SSSR count). The molecule has 0 aliphatic heterocycles. The second-order valence-corrected chi connectivity index (χ2v) is 3.48. The van der Waals surface area contributed by atoms with E-state index >= 15 is 0 Å². The topological polar surface area (TPSA) is 54.6 Å². The second-order valence-electron chi connectivity index (χ2n) is 2.47. The van der Waals surface area contributed by atoms with Gasteiger partial charge >= 0.3 is 5.97 Å². The van der Waals surface area contributed by atoms with Crippen molar-refractivity contribution in [2.75, 3.05) is 0 Å². The van der Waals surface area contributed by atoms with Crippen LogP contribution in [0.1, 0.15) is 15.4 Å². The molecule has 4 nitrogen and oxygen atoms in total. The summed E-state index contributed by atoms with van der Waals surface area (Å²) in [4.78, 5) is 15.7. The predicted molar refractivity (Wildman–Crippen MR) is 55.1 cm³/mol. The van der Waals surface area contributed by atoms with E-state index < -0.39 is 5.97 Å². The van der Waals surface area contributed by atoms with E-state index in [4.69, 9.17) is 5.11 Å². The van der Waals surface area contributed by atoms with E-state index in [1.54, 1.807) is 16.8 Å². The van der Waals surface area contributed by atoms with E-state index in [0.29, 0.717) is 4.88 Å². The maximum atomic E-state index is 10.5. The third-order valence-electron chi connectivity index (χ3n) is 1.49. The molecule has 0 unspecified atom stereocenters. The van der Waals surface area contributed by atoms with Crippen molar-refractivity contribution >= 4 is 39.2 Å². The van der Waals surface area contributed by atoms with Gasteiger partial charge in [-0.3, -0.25) is 4.40 Å².